The zero-order valence-electron chi connectivity index (χ0n) is 7.04. The van der Waals surface area contributed by atoms with Crippen LogP contribution in [0.25, 0.3) is 0 Å². The van der Waals surface area contributed by atoms with E-state index < -0.39 is 0 Å². The first-order chi connectivity index (χ1) is 5.70. The first-order valence-electron chi connectivity index (χ1n) is 3.93. The molecule has 1 atom stereocenters. The van der Waals surface area contributed by atoms with Crippen molar-refractivity contribution < 1.29 is 4.79 Å². The molecule has 1 aliphatic rings. The zero-order valence-corrected chi connectivity index (χ0v) is 7.86. The predicted molar refractivity (Wildman–Crippen MR) is 51.7 cm³/mol. The molecule has 0 unspecified atom stereocenters. The highest BCUT2D eigenvalue weighted by Gasteiger charge is 2.32. The smallest absolute Gasteiger partial charge is 0.251 e. The molecule has 0 spiro atoms. The van der Waals surface area contributed by atoms with E-state index in [2.05, 4.69) is 11.9 Å². The molecule has 1 saturated heterocycles. The number of carbonyl (C=O) groups excluding carboxylic acids is 1. The topological polar surface area (TPSA) is 32.3 Å². The van der Waals surface area contributed by atoms with Crippen LogP contribution in [0.4, 0.5) is 0 Å². The van der Waals surface area contributed by atoms with Crippen LogP contribution in [-0.2, 0) is 4.79 Å². The Morgan fingerprint density at radius 3 is 2.92 bits per heavy atom. The quantitative estimate of drug-likeness (QED) is 0.517. The standard InChI is InChI=1S/C8H12N2OS/c1-3-5-10-7(11)6(4-2)9-8(10)12/h3,6H,1,4-5H2,2H3,(H,9,12)/t6-/m1/s1. The Bertz CT molecular complexity index is 227. The molecule has 66 valence electrons. The number of nitrogens with zero attached hydrogens (tertiary/aromatic N) is 1. The van der Waals surface area contributed by atoms with Gasteiger partial charge in [-0.05, 0) is 18.6 Å². The maximum atomic E-state index is 11.5. The van der Waals surface area contributed by atoms with Crippen LogP contribution in [0, 0.1) is 0 Å². The second-order valence-electron chi connectivity index (χ2n) is 2.65. The van der Waals surface area contributed by atoms with Crippen LogP contribution >= 0.6 is 12.2 Å². The number of hydrogen-bond acceptors (Lipinski definition) is 2. The second-order valence-corrected chi connectivity index (χ2v) is 3.03. The molecule has 0 aromatic rings. The summed E-state index contributed by atoms with van der Waals surface area (Å²) in [7, 11) is 0. The molecule has 1 fully saturated rings. The summed E-state index contributed by atoms with van der Waals surface area (Å²) in [6, 6.07) is -0.127. The Labute approximate surface area is 77.4 Å². The Morgan fingerprint density at radius 1 is 1.83 bits per heavy atom. The van der Waals surface area contributed by atoms with E-state index >= 15 is 0 Å². The van der Waals surface area contributed by atoms with Crippen molar-refractivity contribution in [3.63, 3.8) is 0 Å². The number of carbonyl (C=O) groups is 1. The van der Waals surface area contributed by atoms with Gasteiger partial charge in [0.2, 0.25) is 0 Å². The van der Waals surface area contributed by atoms with Crippen molar-refractivity contribution in [2.75, 3.05) is 6.54 Å². The number of thiocarbonyl (C=S) groups is 1. The second kappa shape index (κ2) is 3.67. The third kappa shape index (κ3) is 1.48. The minimum absolute atomic E-state index is 0.0578. The van der Waals surface area contributed by atoms with Crippen molar-refractivity contribution in [2.24, 2.45) is 0 Å². The van der Waals surface area contributed by atoms with E-state index in [0.29, 0.717) is 11.7 Å². The molecular weight excluding hydrogens is 172 g/mol. The van der Waals surface area contributed by atoms with E-state index in [1.54, 1.807) is 6.08 Å². The molecule has 0 saturated carbocycles. The Kier molecular flexibility index (Phi) is 2.81. The fourth-order valence-corrected chi connectivity index (χ4v) is 1.46. The molecule has 4 heteroatoms. The lowest BCUT2D eigenvalue weighted by atomic mass is 10.2. The third-order valence-corrected chi connectivity index (χ3v) is 2.17. The predicted octanol–water partition coefficient (Wildman–Crippen LogP) is 0.668. The molecule has 1 aliphatic heterocycles. The molecule has 3 nitrogen and oxygen atoms in total. The SMILES string of the molecule is C=CCN1C(=O)[C@@H](CC)NC1=S. The number of nitrogens with one attached hydrogen (secondary N) is 1. The van der Waals surface area contributed by atoms with Gasteiger partial charge in [0.25, 0.3) is 5.91 Å². The van der Waals surface area contributed by atoms with Gasteiger partial charge in [0, 0.05) is 6.54 Å². The van der Waals surface area contributed by atoms with Gasteiger partial charge in [0.15, 0.2) is 5.11 Å². The molecule has 1 heterocycles. The van der Waals surface area contributed by atoms with E-state index in [1.165, 1.54) is 4.90 Å². The average Bonchev–Trinajstić information content (AvgIpc) is 2.32. The largest absolute Gasteiger partial charge is 0.350 e. The van der Waals surface area contributed by atoms with Crippen LogP contribution in [-0.4, -0.2) is 28.5 Å². The molecule has 1 N–H and O–H groups in total. The summed E-state index contributed by atoms with van der Waals surface area (Å²) >= 11 is 4.97. The van der Waals surface area contributed by atoms with Gasteiger partial charge in [0.1, 0.15) is 6.04 Å². The normalized spacial score (nSPS) is 22.8. The Balaban J connectivity index is 2.70. The first kappa shape index (κ1) is 9.19. The van der Waals surface area contributed by atoms with Crippen LogP contribution in [0.2, 0.25) is 0 Å². The lowest BCUT2D eigenvalue weighted by molar-refractivity contribution is -0.126. The monoisotopic (exact) mass is 184 g/mol. The van der Waals surface area contributed by atoms with Gasteiger partial charge in [-0.15, -0.1) is 6.58 Å². The summed E-state index contributed by atoms with van der Waals surface area (Å²) in [5.41, 5.74) is 0. The minimum Gasteiger partial charge on any atom is -0.350 e. The van der Waals surface area contributed by atoms with Crippen LogP contribution in [0.3, 0.4) is 0 Å². The number of rotatable bonds is 3. The van der Waals surface area contributed by atoms with E-state index in [-0.39, 0.29) is 11.9 Å². The highest BCUT2D eigenvalue weighted by molar-refractivity contribution is 7.80. The summed E-state index contributed by atoms with van der Waals surface area (Å²) < 4.78 is 0. The molecule has 1 rings (SSSR count). The fraction of sp³-hybridized carbons (Fsp3) is 0.500. The third-order valence-electron chi connectivity index (χ3n) is 1.83. The number of hydrogen-bond donors (Lipinski definition) is 1. The van der Waals surface area contributed by atoms with Gasteiger partial charge >= 0.3 is 0 Å². The van der Waals surface area contributed by atoms with E-state index in [1.807, 2.05) is 6.92 Å². The lowest BCUT2D eigenvalue weighted by Gasteiger charge is -2.10. The van der Waals surface area contributed by atoms with Crippen LogP contribution < -0.4 is 5.32 Å². The van der Waals surface area contributed by atoms with E-state index in [9.17, 15) is 4.79 Å². The summed E-state index contributed by atoms with van der Waals surface area (Å²) in [4.78, 5) is 13.0. The molecule has 1 amide bonds. The maximum Gasteiger partial charge on any atom is 0.251 e. The minimum atomic E-state index is -0.127. The van der Waals surface area contributed by atoms with Gasteiger partial charge in [-0.2, -0.15) is 0 Å². The van der Waals surface area contributed by atoms with Crippen molar-refractivity contribution >= 4 is 23.2 Å². The van der Waals surface area contributed by atoms with Gasteiger partial charge in [0.05, 0.1) is 0 Å². The van der Waals surface area contributed by atoms with E-state index in [0.717, 1.165) is 6.42 Å². The highest BCUT2D eigenvalue weighted by Crippen LogP contribution is 2.08. The molecule has 0 aromatic heterocycles. The van der Waals surface area contributed by atoms with Crippen molar-refractivity contribution in [1.82, 2.24) is 10.2 Å². The zero-order chi connectivity index (χ0) is 9.14. The van der Waals surface area contributed by atoms with Crippen LogP contribution in [0.15, 0.2) is 12.7 Å². The summed E-state index contributed by atoms with van der Waals surface area (Å²) in [6.07, 6.45) is 2.44. The summed E-state index contributed by atoms with van der Waals surface area (Å²) in [6.45, 7) is 6.02. The molecule has 0 bridgehead atoms. The van der Waals surface area contributed by atoms with Gasteiger partial charge in [-0.1, -0.05) is 13.0 Å². The molecule has 0 radical (unpaired) electrons. The fourth-order valence-electron chi connectivity index (χ4n) is 1.16. The van der Waals surface area contributed by atoms with Crippen LogP contribution in [0.1, 0.15) is 13.3 Å². The number of amides is 1. The van der Waals surface area contributed by atoms with Crippen molar-refractivity contribution in [2.45, 2.75) is 19.4 Å². The molecule has 0 aromatic carbocycles. The van der Waals surface area contributed by atoms with Crippen molar-refractivity contribution in [3.8, 4) is 0 Å². The molecule has 0 aliphatic carbocycles. The van der Waals surface area contributed by atoms with Gasteiger partial charge < -0.3 is 5.32 Å². The Hall–Kier alpha value is -0.900. The van der Waals surface area contributed by atoms with Gasteiger partial charge in [-0.3, -0.25) is 9.69 Å². The first-order valence-corrected chi connectivity index (χ1v) is 4.34. The van der Waals surface area contributed by atoms with E-state index in [4.69, 9.17) is 12.2 Å². The van der Waals surface area contributed by atoms with Crippen molar-refractivity contribution in [1.29, 1.82) is 0 Å². The molecular formula is C8H12N2OS. The highest BCUT2D eigenvalue weighted by atomic mass is 32.1. The lowest BCUT2D eigenvalue weighted by Crippen LogP contribution is -2.31. The summed E-state index contributed by atoms with van der Waals surface area (Å²) in [5.74, 6) is 0.0578. The molecule has 12 heavy (non-hydrogen) atoms. The van der Waals surface area contributed by atoms with Crippen LogP contribution in [0.5, 0.6) is 0 Å². The van der Waals surface area contributed by atoms with Gasteiger partial charge in [-0.25, -0.2) is 0 Å². The maximum absolute atomic E-state index is 11.5. The summed E-state index contributed by atoms with van der Waals surface area (Å²) in [5, 5.41) is 3.47. The van der Waals surface area contributed by atoms with Crippen molar-refractivity contribution in [3.05, 3.63) is 12.7 Å². The average molecular weight is 184 g/mol. The Morgan fingerprint density at radius 2 is 2.50 bits per heavy atom.